The molecule has 2 rings (SSSR count). The molecule has 0 saturated carbocycles. The van der Waals surface area contributed by atoms with Crippen molar-refractivity contribution in [1.82, 2.24) is 5.32 Å². The zero-order valence-corrected chi connectivity index (χ0v) is 10.1. The van der Waals surface area contributed by atoms with Crippen molar-refractivity contribution in [2.24, 2.45) is 0 Å². The van der Waals surface area contributed by atoms with Gasteiger partial charge in [0.05, 0.1) is 17.3 Å². The van der Waals surface area contributed by atoms with Crippen LogP contribution in [0.3, 0.4) is 0 Å². The minimum absolute atomic E-state index is 0.258. The van der Waals surface area contributed by atoms with Crippen LogP contribution in [0.25, 0.3) is 0 Å². The molecule has 90 valence electrons. The average Bonchev–Trinajstić information content (AvgIpc) is 2.32. The van der Waals surface area contributed by atoms with E-state index in [2.05, 4.69) is 24.1 Å². The van der Waals surface area contributed by atoms with Gasteiger partial charge in [0.25, 0.3) is 0 Å². The van der Waals surface area contributed by atoms with Gasteiger partial charge in [-0.25, -0.2) is 4.39 Å². The quantitative estimate of drug-likeness (QED) is 0.805. The average molecular weight is 233 g/mol. The molecule has 1 aliphatic rings. The molecule has 0 bridgehead atoms. The van der Waals surface area contributed by atoms with Crippen molar-refractivity contribution in [2.45, 2.75) is 25.9 Å². The molecule has 0 radical (unpaired) electrons. The topological polar surface area (TPSA) is 39.1 Å². The molecule has 0 aliphatic carbocycles. The first kappa shape index (κ1) is 11.9. The highest BCUT2D eigenvalue weighted by atomic mass is 19.1. The Labute approximate surface area is 101 Å². The van der Waals surface area contributed by atoms with Gasteiger partial charge in [-0.2, -0.15) is 5.26 Å². The van der Waals surface area contributed by atoms with Crippen LogP contribution in [0.2, 0.25) is 0 Å². The second-order valence-electron chi connectivity index (χ2n) is 4.59. The third kappa shape index (κ3) is 2.40. The summed E-state index contributed by atoms with van der Waals surface area (Å²) in [4.78, 5) is 2.05. The maximum absolute atomic E-state index is 13.9. The number of rotatable bonds is 1. The first-order chi connectivity index (χ1) is 8.11. The highest BCUT2D eigenvalue weighted by molar-refractivity contribution is 5.52. The predicted octanol–water partition coefficient (Wildman–Crippen LogP) is 1.88. The van der Waals surface area contributed by atoms with Gasteiger partial charge in [-0.05, 0) is 32.0 Å². The molecule has 1 N–H and O–H groups in total. The third-order valence-corrected chi connectivity index (χ3v) is 3.15. The largest absolute Gasteiger partial charge is 0.364 e. The van der Waals surface area contributed by atoms with Gasteiger partial charge in [-0.1, -0.05) is 0 Å². The predicted molar refractivity (Wildman–Crippen MR) is 65.4 cm³/mol. The number of hydrogen-bond donors (Lipinski definition) is 1. The Morgan fingerprint density at radius 1 is 1.47 bits per heavy atom. The second kappa shape index (κ2) is 4.72. The van der Waals surface area contributed by atoms with Crippen LogP contribution in [0.4, 0.5) is 10.1 Å². The van der Waals surface area contributed by atoms with Gasteiger partial charge in [-0.15, -0.1) is 0 Å². The van der Waals surface area contributed by atoms with Crippen molar-refractivity contribution in [3.63, 3.8) is 0 Å². The molecule has 3 nitrogen and oxygen atoms in total. The number of halogens is 1. The lowest BCUT2D eigenvalue weighted by Gasteiger charge is -2.39. The van der Waals surface area contributed by atoms with E-state index in [1.807, 2.05) is 6.07 Å². The smallest absolute Gasteiger partial charge is 0.147 e. The Morgan fingerprint density at radius 3 is 2.88 bits per heavy atom. The number of anilines is 1. The zero-order chi connectivity index (χ0) is 12.4. The van der Waals surface area contributed by atoms with Gasteiger partial charge >= 0.3 is 0 Å². The fraction of sp³-hybridized carbons (Fsp3) is 0.462. The molecule has 0 aromatic heterocycles. The fourth-order valence-corrected chi connectivity index (χ4v) is 2.17. The van der Waals surface area contributed by atoms with Crippen molar-refractivity contribution in [1.29, 1.82) is 5.26 Å². The van der Waals surface area contributed by atoms with Crippen LogP contribution in [-0.4, -0.2) is 25.2 Å². The molecule has 1 fully saturated rings. The first-order valence-corrected chi connectivity index (χ1v) is 5.81. The van der Waals surface area contributed by atoms with Gasteiger partial charge in [0.2, 0.25) is 0 Å². The lowest BCUT2D eigenvalue weighted by Crippen LogP contribution is -2.54. The maximum atomic E-state index is 13.9. The van der Waals surface area contributed by atoms with E-state index in [9.17, 15) is 4.39 Å². The summed E-state index contributed by atoms with van der Waals surface area (Å²) >= 11 is 0. The van der Waals surface area contributed by atoms with Gasteiger partial charge in [0.1, 0.15) is 5.82 Å². The fourth-order valence-electron chi connectivity index (χ4n) is 2.17. The van der Waals surface area contributed by atoms with E-state index in [1.54, 1.807) is 12.1 Å². The van der Waals surface area contributed by atoms with Crippen LogP contribution in [0, 0.1) is 17.1 Å². The molecule has 4 heteroatoms. The van der Waals surface area contributed by atoms with Crippen LogP contribution in [0.1, 0.15) is 19.4 Å². The second-order valence-corrected chi connectivity index (χ2v) is 4.59. The van der Waals surface area contributed by atoms with Crippen LogP contribution in [-0.2, 0) is 0 Å². The van der Waals surface area contributed by atoms with E-state index < -0.39 is 0 Å². The molecule has 1 heterocycles. The standard InChI is InChI=1S/C13H16FN3/c1-9-8-17(10(2)7-16-9)13-4-3-11(6-15)5-12(13)14/h3-5,9-10,16H,7-8H2,1-2H3/t9-,10+/m0/s1. The molecule has 2 atom stereocenters. The maximum Gasteiger partial charge on any atom is 0.147 e. The molecule has 1 aliphatic heterocycles. The first-order valence-electron chi connectivity index (χ1n) is 5.81. The van der Waals surface area contributed by atoms with Crippen LogP contribution < -0.4 is 10.2 Å². The minimum atomic E-state index is -0.315. The number of piperazine rings is 1. The number of nitrogens with one attached hydrogen (secondary N) is 1. The number of hydrogen-bond acceptors (Lipinski definition) is 3. The van der Waals surface area contributed by atoms with Gasteiger partial charge in [0, 0.05) is 25.2 Å². The number of benzene rings is 1. The summed E-state index contributed by atoms with van der Waals surface area (Å²) in [5.41, 5.74) is 0.951. The van der Waals surface area contributed by atoms with E-state index in [0.29, 0.717) is 17.3 Å². The summed E-state index contributed by atoms with van der Waals surface area (Å²) in [6, 6.07) is 7.22. The van der Waals surface area contributed by atoms with E-state index in [4.69, 9.17) is 5.26 Å². The molecule has 0 spiro atoms. The lowest BCUT2D eigenvalue weighted by molar-refractivity contribution is 0.420. The van der Waals surface area contributed by atoms with Crippen molar-refractivity contribution in [3.05, 3.63) is 29.6 Å². The molecular weight excluding hydrogens is 217 g/mol. The van der Waals surface area contributed by atoms with Gasteiger partial charge < -0.3 is 10.2 Å². The normalized spacial score (nSPS) is 24.5. The van der Waals surface area contributed by atoms with Crippen molar-refractivity contribution < 1.29 is 4.39 Å². The van der Waals surface area contributed by atoms with E-state index >= 15 is 0 Å². The SMILES string of the molecule is C[C@@H]1CN[C@@H](C)CN1c1ccc(C#N)cc1F. The molecule has 1 saturated heterocycles. The summed E-state index contributed by atoms with van der Waals surface area (Å²) < 4.78 is 13.9. The van der Waals surface area contributed by atoms with E-state index in [1.165, 1.54) is 6.07 Å². The zero-order valence-electron chi connectivity index (χ0n) is 10.1. The molecule has 0 amide bonds. The summed E-state index contributed by atoms with van der Waals surface area (Å²) in [5.74, 6) is -0.315. The molecule has 17 heavy (non-hydrogen) atoms. The Balaban J connectivity index is 2.30. The summed E-state index contributed by atoms with van der Waals surface area (Å²) in [7, 11) is 0. The number of nitrogens with zero attached hydrogens (tertiary/aromatic N) is 2. The Hall–Kier alpha value is -1.60. The van der Waals surface area contributed by atoms with E-state index in [-0.39, 0.29) is 11.9 Å². The minimum Gasteiger partial charge on any atom is -0.364 e. The lowest BCUT2D eigenvalue weighted by atomic mass is 10.1. The highest BCUT2D eigenvalue weighted by Gasteiger charge is 2.24. The number of nitriles is 1. The van der Waals surface area contributed by atoms with Crippen molar-refractivity contribution in [2.75, 3.05) is 18.0 Å². The molecule has 1 aromatic rings. The third-order valence-electron chi connectivity index (χ3n) is 3.15. The molecule has 0 unspecified atom stereocenters. The monoisotopic (exact) mass is 233 g/mol. The van der Waals surface area contributed by atoms with Crippen LogP contribution in [0.5, 0.6) is 0 Å². The summed E-state index contributed by atoms with van der Waals surface area (Å²) in [6.45, 7) is 5.78. The van der Waals surface area contributed by atoms with Crippen LogP contribution >= 0.6 is 0 Å². The molecule has 1 aromatic carbocycles. The van der Waals surface area contributed by atoms with Crippen molar-refractivity contribution >= 4 is 5.69 Å². The Bertz CT molecular complexity index is 452. The molecular formula is C13H16FN3. The summed E-state index contributed by atoms with van der Waals surface area (Å²) in [6.07, 6.45) is 0. The van der Waals surface area contributed by atoms with Crippen molar-refractivity contribution in [3.8, 4) is 6.07 Å². The Kier molecular flexibility index (Phi) is 3.30. The van der Waals surface area contributed by atoms with Crippen LogP contribution in [0.15, 0.2) is 18.2 Å². The van der Waals surface area contributed by atoms with Gasteiger partial charge in [0.15, 0.2) is 0 Å². The highest BCUT2D eigenvalue weighted by Crippen LogP contribution is 2.24. The van der Waals surface area contributed by atoms with E-state index in [0.717, 1.165) is 13.1 Å². The Morgan fingerprint density at radius 2 is 2.24 bits per heavy atom. The summed E-state index contributed by atoms with van der Waals surface area (Å²) in [5, 5.41) is 12.1. The van der Waals surface area contributed by atoms with Gasteiger partial charge in [-0.3, -0.25) is 0 Å².